The molecule has 0 saturated carbocycles. The Labute approximate surface area is 413 Å². The van der Waals surface area contributed by atoms with Gasteiger partial charge in [0.1, 0.15) is 5.75 Å². The number of fused-ring (bicyclic) bond motifs is 3. The highest BCUT2D eigenvalue weighted by molar-refractivity contribution is 7.48. The Balaban J connectivity index is 0.870. The first-order chi connectivity index (χ1) is 34.8. The summed E-state index contributed by atoms with van der Waals surface area (Å²) in [7, 11) is -4.09. The van der Waals surface area contributed by atoms with Crippen molar-refractivity contribution in [3.8, 4) is 28.5 Å². The van der Waals surface area contributed by atoms with Crippen LogP contribution in [0, 0.1) is 0 Å². The number of hydrogen-bond acceptors (Lipinski definition) is 11. The predicted octanol–water partition coefficient (Wildman–Crippen LogP) is 11.0. The molecule has 1 atom stereocenters. The third kappa shape index (κ3) is 10.3. The van der Waals surface area contributed by atoms with Crippen LogP contribution in [-0.4, -0.2) is 71.7 Å². The number of ether oxygens (including phenoxy) is 3. The van der Waals surface area contributed by atoms with Crippen LogP contribution in [0.4, 0.5) is 11.4 Å². The largest absolute Gasteiger partial charge is 0.530 e. The molecule has 4 aliphatic rings. The van der Waals surface area contributed by atoms with Crippen LogP contribution in [0.15, 0.2) is 152 Å². The average Bonchev–Trinajstić information content (AvgIpc) is 4.05. The lowest BCUT2D eigenvalue weighted by Gasteiger charge is -2.40. The maximum absolute atomic E-state index is 15.3. The molecule has 1 fully saturated rings. The Morgan fingerprint density at radius 1 is 0.676 bits per heavy atom. The van der Waals surface area contributed by atoms with Crippen LogP contribution in [0.25, 0.3) is 11.3 Å². The number of nitrogens with one attached hydrogen (secondary N) is 1. The zero-order valence-electron chi connectivity index (χ0n) is 39.4. The van der Waals surface area contributed by atoms with E-state index in [4.69, 9.17) is 27.8 Å². The highest BCUT2D eigenvalue weighted by Crippen LogP contribution is 2.51. The Kier molecular flexibility index (Phi) is 13.6. The average molecular weight is 971 g/mol. The molecule has 7 aromatic rings. The molecule has 0 spiro atoms. The molecule has 13 nitrogen and oxygen atoms in total. The van der Waals surface area contributed by atoms with Gasteiger partial charge in [0, 0.05) is 78.2 Å². The number of anilines is 2. The van der Waals surface area contributed by atoms with Gasteiger partial charge >= 0.3 is 7.82 Å². The molecule has 6 aromatic carbocycles. The fraction of sp³-hybridized carbons (Fsp3) is 0.263. The summed E-state index contributed by atoms with van der Waals surface area (Å²) in [5.41, 5.74) is 9.39. The molecule has 1 saturated heterocycles. The van der Waals surface area contributed by atoms with E-state index in [-0.39, 0.29) is 43.5 Å². The van der Waals surface area contributed by atoms with Crippen molar-refractivity contribution in [2.45, 2.75) is 58.0 Å². The second kappa shape index (κ2) is 20.8. The molecule has 362 valence electrons. The first-order valence-electron chi connectivity index (χ1n) is 24.4. The van der Waals surface area contributed by atoms with E-state index in [0.717, 1.165) is 67.0 Å². The Bertz CT molecular complexity index is 3040. The van der Waals surface area contributed by atoms with E-state index in [2.05, 4.69) is 33.0 Å². The minimum Gasteiger partial charge on any atom is -0.454 e. The Hall–Kier alpha value is -6.99. The van der Waals surface area contributed by atoms with Gasteiger partial charge in [-0.3, -0.25) is 23.5 Å². The van der Waals surface area contributed by atoms with Crippen LogP contribution in [0.3, 0.4) is 0 Å². The third-order valence-corrected chi connectivity index (χ3v) is 15.0. The zero-order chi connectivity index (χ0) is 48.2. The van der Waals surface area contributed by atoms with Crippen molar-refractivity contribution in [2.75, 3.05) is 45.0 Å². The molecule has 0 radical (unpaired) electrons. The van der Waals surface area contributed by atoms with E-state index in [1.165, 1.54) is 5.56 Å². The second-order valence-corrected chi connectivity index (χ2v) is 19.9. The van der Waals surface area contributed by atoms with Crippen molar-refractivity contribution in [2.24, 2.45) is 0 Å². The number of morpholine rings is 1. The lowest BCUT2D eigenvalue weighted by molar-refractivity contribution is 0.0193. The third-order valence-electron chi connectivity index (χ3n) is 13.7. The number of phosphoric acid groups is 1. The van der Waals surface area contributed by atoms with Crippen molar-refractivity contribution in [1.29, 1.82) is 0 Å². The van der Waals surface area contributed by atoms with Gasteiger partial charge in [-0.25, -0.2) is 4.57 Å². The number of para-hydroxylation sites is 1. The number of benzene rings is 6. The van der Waals surface area contributed by atoms with Crippen molar-refractivity contribution < 1.29 is 41.9 Å². The molecule has 5 heterocycles. The summed E-state index contributed by atoms with van der Waals surface area (Å²) in [4.78, 5) is 34.8. The Morgan fingerprint density at radius 3 is 2.07 bits per heavy atom. The summed E-state index contributed by atoms with van der Waals surface area (Å²) in [5.74, 6) is 1.17. The fourth-order valence-electron chi connectivity index (χ4n) is 10.0. The molecule has 14 heteroatoms. The molecule has 1 amide bonds. The van der Waals surface area contributed by atoms with E-state index >= 15 is 9.59 Å². The van der Waals surface area contributed by atoms with Gasteiger partial charge in [-0.2, -0.15) is 0 Å². The fourth-order valence-corrected chi connectivity index (χ4v) is 11.2. The lowest BCUT2D eigenvalue weighted by Crippen LogP contribution is -2.52. The second-order valence-electron chi connectivity index (χ2n) is 18.3. The normalized spacial score (nSPS) is 16.5. The van der Waals surface area contributed by atoms with Crippen LogP contribution in [0.5, 0.6) is 17.2 Å². The molecule has 11 rings (SSSR count). The van der Waals surface area contributed by atoms with E-state index < -0.39 is 7.82 Å². The summed E-state index contributed by atoms with van der Waals surface area (Å²) in [6, 6.07) is 47.3. The topological polar surface area (TPSA) is 130 Å². The van der Waals surface area contributed by atoms with Crippen LogP contribution in [0.1, 0.15) is 67.1 Å². The van der Waals surface area contributed by atoms with Crippen molar-refractivity contribution >= 4 is 30.9 Å². The number of carbonyl (C=O) groups is 2. The van der Waals surface area contributed by atoms with Crippen LogP contribution < -0.4 is 19.3 Å². The minimum absolute atomic E-state index is 0.0319. The molecule has 0 bridgehead atoms. The first-order valence-corrected chi connectivity index (χ1v) is 25.8. The van der Waals surface area contributed by atoms with Crippen LogP contribution >= 0.6 is 7.82 Å². The molecule has 0 aliphatic carbocycles. The van der Waals surface area contributed by atoms with Crippen molar-refractivity contribution in [3.05, 3.63) is 196 Å². The zero-order valence-corrected chi connectivity index (χ0v) is 40.3. The highest BCUT2D eigenvalue weighted by Gasteiger charge is 2.36. The summed E-state index contributed by atoms with van der Waals surface area (Å²) in [6.45, 7) is 5.05. The van der Waals surface area contributed by atoms with Gasteiger partial charge in [-0.05, 0) is 103 Å². The van der Waals surface area contributed by atoms with Crippen molar-refractivity contribution in [1.82, 2.24) is 14.4 Å². The number of phosphoric ester groups is 1. The van der Waals surface area contributed by atoms with Crippen LogP contribution in [0.2, 0.25) is 0 Å². The molecule has 0 unspecified atom stereocenters. The maximum Gasteiger partial charge on any atom is 0.530 e. The standard InChI is InChI=1S/C57H55N4O9P/c62-56(47-19-9-10-20-51(47)58-44-22-24-46(25-23-44)70-71(64,68-37-40-13-3-1-4-14-40)69-38-41-15-5-2-6-16-41)50-32-53(60-26-12-11-21-52(50)60)48-33-54-55(67-39-66-54)34-49(48)57(63)61-35-43-18-8-7-17-42(43)31-45(61)36-59-27-29-65-30-28-59/h1-10,13-20,22-25,32-34,45,58H,11-12,21,26-31,35-39H2/t45-/m0/s1. The smallest absolute Gasteiger partial charge is 0.454 e. The summed E-state index contributed by atoms with van der Waals surface area (Å²) < 4.78 is 51.5. The molecular weight excluding hydrogens is 916 g/mol. The summed E-state index contributed by atoms with van der Waals surface area (Å²) in [6.07, 6.45) is 3.33. The van der Waals surface area contributed by atoms with Gasteiger partial charge in [0.15, 0.2) is 17.3 Å². The van der Waals surface area contributed by atoms with Crippen LogP contribution in [-0.2, 0) is 57.5 Å². The highest BCUT2D eigenvalue weighted by atomic mass is 31.2. The van der Waals surface area contributed by atoms with Gasteiger partial charge in [0.25, 0.3) is 5.91 Å². The number of amides is 1. The number of rotatable bonds is 16. The monoisotopic (exact) mass is 970 g/mol. The number of hydrogen-bond donors (Lipinski definition) is 1. The maximum atomic E-state index is 15.3. The van der Waals surface area contributed by atoms with E-state index in [0.29, 0.717) is 77.9 Å². The molecule has 71 heavy (non-hydrogen) atoms. The number of aromatic nitrogens is 1. The SMILES string of the molecule is O=C(c1ccccc1Nc1ccc(OP(=O)(OCc2ccccc2)OCc2ccccc2)cc1)c1cc(-c2cc3c(cc2C(=O)N2Cc4ccccc4C[C@H]2CN2CCOCC2)OCO3)n2c1CCCC2. The number of ketones is 1. The molecule has 4 aliphatic heterocycles. The Morgan fingerprint density at radius 2 is 1.34 bits per heavy atom. The van der Waals surface area contributed by atoms with Gasteiger partial charge in [0.2, 0.25) is 6.79 Å². The number of nitrogens with zero attached hydrogens (tertiary/aromatic N) is 3. The van der Waals surface area contributed by atoms with Gasteiger partial charge < -0.3 is 33.5 Å². The predicted molar refractivity (Wildman–Crippen MR) is 270 cm³/mol. The van der Waals surface area contributed by atoms with E-state index in [9.17, 15) is 4.57 Å². The minimum atomic E-state index is -4.09. The first kappa shape index (κ1) is 46.4. The number of carbonyl (C=O) groups excluding carboxylic acids is 2. The van der Waals surface area contributed by atoms with Gasteiger partial charge in [-0.1, -0.05) is 97.1 Å². The quantitative estimate of drug-likeness (QED) is 0.0734. The van der Waals surface area contributed by atoms with Crippen molar-refractivity contribution in [3.63, 3.8) is 0 Å². The van der Waals surface area contributed by atoms with E-state index in [1.807, 2.05) is 114 Å². The molecular formula is C57H55N4O9P. The summed E-state index contributed by atoms with van der Waals surface area (Å²) >= 11 is 0. The van der Waals surface area contributed by atoms with Gasteiger partial charge in [0.05, 0.1) is 32.0 Å². The van der Waals surface area contributed by atoms with E-state index in [1.54, 1.807) is 24.3 Å². The molecule has 1 aromatic heterocycles. The van der Waals surface area contributed by atoms with Gasteiger partial charge in [-0.15, -0.1) is 0 Å². The summed E-state index contributed by atoms with van der Waals surface area (Å²) in [5, 5.41) is 3.45. The molecule has 1 N–H and O–H groups in total. The lowest BCUT2D eigenvalue weighted by atomic mass is 9.92.